The van der Waals surface area contributed by atoms with E-state index in [0.29, 0.717) is 16.1 Å². The molecule has 1 aliphatic rings. The van der Waals surface area contributed by atoms with Crippen molar-refractivity contribution in [3.8, 4) is 0 Å². The van der Waals surface area contributed by atoms with E-state index in [4.69, 9.17) is 21.9 Å². The number of H-pyrrole nitrogens is 1. The van der Waals surface area contributed by atoms with E-state index in [1.54, 1.807) is 6.92 Å². The highest BCUT2D eigenvalue weighted by molar-refractivity contribution is 7.71. The van der Waals surface area contributed by atoms with Gasteiger partial charge in [-0.2, -0.15) is 0 Å². The fourth-order valence-electron chi connectivity index (χ4n) is 2.94. The molecule has 0 saturated carbocycles. The number of esters is 1. The number of aryl methyl sites for hydroxylation is 1. The zero-order chi connectivity index (χ0) is 16.4. The number of allylic oxidation sites excluding steroid dienone is 2. The summed E-state index contributed by atoms with van der Waals surface area (Å²) < 4.78 is 5.78. The Kier molecular flexibility index (Phi) is 4.92. The molecule has 0 amide bonds. The van der Waals surface area contributed by atoms with Crippen molar-refractivity contribution in [3.63, 3.8) is 0 Å². The summed E-state index contributed by atoms with van der Waals surface area (Å²) in [5.41, 5.74) is 2.29. The van der Waals surface area contributed by atoms with Crippen molar-refractivity contribution >= 4 is 39.7 Å². The van der Waals surface area contributed by atoms with E-state index < -0.39 is 0 Å². The van der Waals surface area contributed by atoms with Gasteiger partial charge in [-0.25, -0.2) is 9.78 Å². The largest absolute Gasteiger partial charge is 0.462 e. The van der Waals surface area contributed by atoms with E-state index in [-0.39, 0.29) is 5.97 Å². The molecule has 4 nitrogen and oxygen atoms in total. The van der Waals surface area contributed by atoms with Crippen molar-refractivity contribution < 1.29 is 9.53 Å². The zero-order valence-electron chi connectivity index (χ0n) is 13.4. The molecule has 0 aliphatic heterocycles. The van der Waals surface area contributed by atoms with Gasteiger partial charge in [0.25, 0.3) is 0 Å². The first-order chi connectivity index (χ1) is 11.1. The maximum absolute atomic E-state index is 12.1. The van der Waals surface area contributed by atoms with Crippen LogP contribution in [-0.2, 0) is 11.2 Å². The molecule has 23 heavy (non-hydrogen) atoms. The Morgan fingerprint density at radius 1 is 1.48 bits per heavy atom. The molecule has 1 aliphatic carbocycles. The summed E-state index contributed by atoms with van der Waals surface area (Å²) in [4.78, 5) is 21.4. The fraction of sp³-hybridized carbons (Fsp3) is 0.471. The minimum Gasteiger partial charge on any atom is -0.462 e. The van der Waals surface area contributed by atoms with Gasteiger partial charge in [-0.05, 0) is 45.1 Å². The van der Waals surface area contributed by atoms with E-state index in [2.05, 4.69) is 11.1 Å². The fourth-order valence-corrected chi connectivity index (χ4v) is 4.48. The van der Waals surface area contributed by atoms with Gasteiger partial charge in [0, 0.05) is 11.8 Å². The molecule has 0 radical (unpaired) electrons. The van der Waals surface area contributed by atoms with Gasteiger partial charge in [-0.3, -0.25) is 0 Å². The van der Waals surface area contributed by atoms with E-state index >= 15 is 0 Å². The van der Waals surface area contributed by atoms with Crippen LogP contribution in [0.1, 0.15) is 53.7 Å². The minimum absolute atomic E-state index is 0.293. The number of carbonyl (C=O) groups is 1. The quantitative estimate of drug-likeness (QED) is 0.486. The monoisotopic (exact) mass is 348 g/mol. The molecule has 6 heteroatoms. The highest BCUT2D eigenvalue weighted by Gasteiger charge is 2.19. The average molecular weight is 348 g/mol. The number of hydrogen-bond acceptors (Lipinski definition) is 5. The van der Waals surface area contributed by atoms with Crippen LogP contribution in [0.25, 0.3) is 10.2 Å². The minimum atomic E-state index is -0.293. The Bertz CT molecular complexity index is 833. The predicted molar refractivity (Wildman–Crippen MR) is 95.8 cm³/mol. The molecule has 0 atom stereocenters. The second-order valence-corrected chi connectivity index (χ2v) is 7.16. The second-order valence-electron chi connectivity index (χ2n) is 5.75. The lowest BCUT2D eigenvalue weighted by atomic mass is 9.97. The Morgan fingerprint density at radius 2 is 2.30 bits per heavy atom. The topological polar surface area (TPSA) is 55.0 Å². The van der Waals surface area contributed by atoms with Gasteiger partial charge in [0.2, 0.25) is 0 Å². The van der Waals surface area contributed by atoms with Crippen LogP contribution in [0.5, 0.6) is 0 Å². The van der Waals surface area contributed by atoms with Crippen LogP contribution in [0.4, 0.5) is 0 Å². The summed E-state index contributed by atoms with van der Waals surface area (Å²) in [6.45, 7) is 4.08. The number of fused-ring (bicyclic) bond motifs is 1. The molecule has 0 spiro atoms. The van der Waals surface area contributed by atoms with Crippen molar-refractivity contribution in [1.82, 2.24) is 9.97 Å². The number of hydrogen-bond donors (Lipinski definition) is 1. The molecule has 1 N–H and O–H groups in total. The van der Waals surface area contributed by atoms with Gasteiger partial charge in [-0.15, -0.1) is 11.3 Å². The van der Waals surface area contributed by atoms with E-state index in [1.165, 1.54) is 29.8 Å². The van der Waals surface area contributed by atoms with Crippen LogP contribution < -0.4 is 0 Å². The van der Waals surface area contributed by atoms with E-state index in [1.807, 2.05) is 6.92 Å². The third kappa shape index (κ3) is 3.38. The van der Waals surface area contributed by atoms with E-state index in [9.17, 15) is 4.79 Å². The first-order valence-corrected chi connectivity index (χ1v) is 9.20. The SMILES string of the molecule is CCOC(=O)c1sc2nc(CC3=CCCCC3)[nH]c(=S)c2c1C. The van der Waals surface area contributed by atoms with Crippen LogP contribution in [0, 0.1) is 11.6 Å². The number of rotatable bonds is 4. The molecule has 2 aromatic rings. The van der Waals surface area contributed by atoms with Crippen molar-refractivity contribution in [1.29, 1.82) is 0 Å². The molecule has 0 fully saturated rings. The van der Waals surface area contributed by atoms with Gasteiger partial charge in [-0.1, -0.05) is 23.9 Å². The van der Waals surface area contributed by atoms with Crippen molar-refractivity contribution in [2.45, 2.75) is 46.0 Å². The molecule has 0 unspecified atom stereocenters. The molecule has 3 rings (SSSR count). The second kappa shape index (κ2) is 6.93. The van der Waals surface area contributed by atoms with Crippen LogP contribution in [-0.4, -0.2) is 22.5 Å². The number of carbonyl (C=O) groups excluding carboxylic acids is 1. The van der Waals surface area contributed by atoms with Gasteiger partial charge in [0.15, 0.2) is 0 Å². The summed E-state index contributed by atoms with van der Waals surface area (Å²) in [5.74, 6) is 0.589. The molecule has 2 aromatic heterocycles. The van der Waals surface area contributed by atoms with Crippen LogP contribution in [0.15, 0.2) is 11.6 Å². The first-order valence-electron chi connectivity index (χ1n) is 7.97. The molecule has 0 aromatic carbocycles. The molecule has 2 heterocycles. The Labute approximate surface area is 144 Å². The molecular formula is C17H20N2O2S2. The summed E-state index contributed by atoms with van der Waals surface area (Å²) in [5, 5.41) is 0.870. The first kappa shape index (κ1) is 16.3. The van der Waals surface area contributed by atoms with Crippen molar-refractivity contribution in [2.24, 2.45) is 0 Å². The number of ether oxygens (including phenoxy) is 1. The highest BCUT2D eigenvalue weighted by atomic mass is 32.1. The van der Waals surface area contributed by atoms with Crippen LogP contribution >= 0.6 is 23.6 Å². The third-order valence-corrected chi connectivity index (χ3v) is 5.56. The number of aromatic nitrogens is 2. The predicted octanol–water partition coefficient (Wildman–Crippen LogP) is 4.88. The Hall–Kier alpha value is -1.53. The lowest BCUT2D eigenvalue weighted by Gasteiger charge is -2.12. The normalized spacial score (nSPS) is 14.8. The maximum Gasteiger partial charge on any atom is 0.348 e. The smallest absolute Gasteiger partial charge is 0.348 e. The van der Waals surface area contributed by atoms with Gasteiger partial charge >= 0.3 is 5.97 Å². The summed E-state index contributed by atoms with van der Waals surface area (Å²) >= 11 is 6.87. The molecule has 0 saturated heterocycles. The Morgan fingerprint density at radius 3 is 3.00 bits per heavy atom. The van der Waals surface area contributed by atoms with E-state index in [0.717, 1.165) is 40.9 Å². The number of aromatic amines is 1. The Balaban J connectivity index is 1.99. The van der Waals surface area contributed by atoms with Crippen LogP contribution in [0.2, 0.25) is 0 Å². The summed E-state index contributed by atoms with van der Waals surface area (Å²) in [6.07, 6.45) is 7.95. The summed E-state index contributed by atoms with van der Waals surface area (Å²) in [6, 6.07) is 0. The molecule has 0 bridgehead atoms. The zero-order valence-corrected chi connectivity index (χ0v) is 15.0. The average Bonchev–Trinajstić information content (AvgIpc) is 2.86. The molecule has 122 valence electrons. The number of thiophene rings is 1. The van der Waals surface area contributed by atoms with Crippen molar-refractivity contribution in [2.75, 3.05) is 6.61 Å². The standard InChI is InChI=1S/C17H20N2O2S2/c1-3-21-17(20)14-10(2)13-15(22)18-12(19-16(13)23-14)9-11-7-5-4-6-8-11/h7H,3-6,8-9H2,1-2H3,(H,18,19,22). The third-order valence-electron chi connectivity index (χ3n) is 4.09. The highest BCUT2D eigenvalue weighted by Crippen LogP contribution is 2.31. The summed E-state index contributed by atoms with van der Waals surface area (Å²) in [7, 11) is 0. The lowest BCUT2D eigenvalue weighted by Crippen LogP contribution is -2.03. The lowest BCUT2D eigenvalue weighted by molar-refractivity contribution is 0.0531. The maximum atomic E-state index is 12.1. The van der Waals surface area contributed by atoms with Gasteiger partial charge in [0.05, 0.1) is 6.61 Å². The number of nitrogens with one attached hydrogen (secondary N) is 1. The van der Waals surface area contributed by atoms with Gasteiger partial charge < -0.3 is 9.72 Å². The van der Waals surface area contributed by atoms with Crippen molar-refractivity contribution in [3.05, 3.63) is 32.6 Å². The van der Waals surface area contributed by atoms with Crippen LogP contribution in [0.3, 0.4) is 0 Å². The molecular weight excluding hydrogens is 328 g/mol. The van der Waals surface area contributed by atoms with Gasteiger partial charge in [0.1, 0.15) is 20.2 Å². The number of nitrogens with zero attached hydrogens (tertiary/aromatic N) is 1.